The van der Waals surface area contributed by atoms with Gasteiger partial charge in [-0.2, -0.15) is 0 Å². The minimum Gasteiger partial charge on any atom is -0.482 e. The van der Waals surface area contributed by atoms with Gasteiger partial charge in [0.25, 0.3) is 0 Å². The van der Waals surface area contributed by atoms with Crippen LogP contribution in [0.15, 0.2) is 45.1 Å². The lowest BCUT2D eigenvalue weighted by Gasteiger charge is -2.58. The van der Waals surface area contributed by atoms with Crippen molar-refractivity contribution in [1.82, 2.24) is 0 Å². The number of hydrogen-bond acceptors (Lipinski definition) is 5. The molecule has 3 fully saturated rings. The van der Waals surface area contributed by atoms with E-state index >= 15 is 0 Å². The zero-order valence-electron chi connectivity index (χ0n) is 28.0. The highest BCUT2D eigenvalue weighted by Gasteiger charge is 2.59. The molecule has 2 aromatic rings. The maximum atomic E-state index is 12.8. The van der Waals surface area contributed by atoms with E-state index in [1.807, 2.05) is 13.0 Å². The van der Waals surface area contributed by atoms with Gasteiger partial charge < -0.3 is 13.9 Å². The second-order valence-corrected chi connectivity index (χ2v) is 15.8. The van der Waals surface area contributed by atoms with Crippen LogP contribution in [0.25, 0.3) is 11.0 Å². The first-order valence-corrected chi connectivity index (χ1v) is 17.5. The van der Waals surface area contributed by atoms with Gasteiger partial charge in [0.05, 0.1) is 0 Å². The average molecular weight is 603 g/mol. The number of aryl methyl sites for hydroxylation is 1. The van der Waals surface area contributed by atoms with Crippen molar-refractivity contribution in [1.29, 1.82) is 0 Å². The standard InChI is InChI=1S/C39H54O5/c1-24(2)8-7-9-25(3)32-14-15-33-31-12-10-27-21-29(16-18-38(27,5)34(31)17-19-39(32,33)6)43-37(41)23-42-28-11-13-30-26(4)20-36(40)44-35(30)22-28/h10-11,13,20,22,24-25,29,31-34H,7-9,12,14-19,21,23H2,1-6H3. The van der Waals surface area contributed by atoms with Gasteiger partial charge in [0.2, 0.25) is 0 Å². The molecule has 8 unspecified atom stereocenters. The Morgan fingerprint density at radius 2 is 1.84 bits per heavy atom. The number of ether oxygens (including phenoxy) is 2. The van der Waals surface area contributed by atoms with E-state index in [0.717, 1.165) is 65.7 Å². The molecule has 0 N–H and O–H groups in total. The van der Waals surface area contributed by atoms with Gasteiger partial charge in [-0.05, 0) is 116 Å². The Kier molecular flexibility index (Phi) is 8.80. The number of benzene rings is 1. The fourth-order valence-corrected chi connectivity index (χ4v) is 10.5. The van der Waals surface area contributed by atoms with Gasteiger partial charge in [0.1, 0.15) is 17.4 Å². The number of fused-ring (bicyclic) bond motifs is 6. The molecule has 0 radical (unpaired) electrons. The molecule has 0 bridgehead atoms. The lowest BCUT2D eigenvalue weighted by atomic mass is 9.47. The Bertz CT molecular complexity index is 1450. The monoisotopic (exact) mass is 602 g/mol. The lowest BCUT2D eigenvalue weighted by Crippen LogP contribution is -2.51. The molecule has 0 spiro atoms. The summed E-state index contributed by atoms with van der Waals surface area (Å²) in [7, 11) is 0. The molecule has 5 heteroatoms. The minimum absolute atomic E-state index is 0.0874. The van der Waals surface area contributed by atoms with Crippen molar-refractivity contribution in [3.05, 3.63) is 51.9 Å². The molecule has 8 atom stereocenters. The predicted molar refractivity (Wildman–Crippen MR) is 176 cm³/mol. The summed E-state index contributed by atoms with van der Waals surface area (Å²) in [5.41, 5.74) is 3.19. The third kappa shape index (κ3) is 5.89. The average Bonchev–Trinajstić information content (AvgIpc) is 3.33. The first-order chi connectivity index (χ1) is 21.0. The summed E-state index contributed by atoms with van der Waals surface area (Å²) in [6.45, 7) is 14.2. The number of carbonyl (C=O) groups is 1. The topological polar surface area (TPSA) is 65.7 Å². The molecule has 4 aliphatic rings. The number of carbonyl (C=O) groups excluding carboxylic acids is 1. The summed E-state index contributed by atoms with van der Waals surface area (Å²) in [6.07, 6.45) is 16.3. The van der Waals surface area contributed by atoms with Crippen molar-refractivity contribution in [3.63, 3.8) is 0 Å². The Balaban J connectivity index is 1.05. The zero-order valence-corrected chi connectivity index (χ0v) is 28.0. The molecule has 5 nitrogen and oxygen atoms in total. The van der Waals surface area contributed by atoms with E-state index in [-0.39, 0.29) is 24.1 Å². The van der Waals surface area contributed by atoms with Crippen molar-refractivity contribution >= 4 is 16.9 Å². The summed E-state index contributed by atoms with van der Waals surface area (Å²) in [5.74, 6) is 5.10. The summed E-state index contributed by atoms with van der Waals surface area (Å²) in [6, 6.07) is 6.80. The van der Waals surface area contributed by atoms with Gasteiger partial charge >= 0.3 is 11.6 Å². The molecule has 3 saturated carbocycles. The van der Waals surface area contributed by atoms with Crippen LogP contribution in [0.1, 0.15) is 111 Å². The molecular formula is C39H54O5. The van der Waals surface area contributed by atoms with Crippen molar-refractivity contribution in [2.24, 2.45) is 46.3 Å². The van der Waals surface area contributed by atoms with Crippen LogP contribution in [-0.4, -0.2) is 18.7 Å². The summed E-state index contributed by atoms with van der Waals surface area (Å²) in [5, 5.41) is 0.856. The molecule has 1 aromatic heterocycles. The molecule has 1 heterocycles. The molecule has 44 heavy (non-hydrogen) atoms. The first kappa shape index (κ1) is 31.4. The van der Waals surface area contributed by atoms with Crippen molar-refractivity contribution in [2.75, 3.05) is 6.61 Å². The lowest BCUT2D eigenvalue weighted by molar-refractivity contribution is -0.153. The maximum absolute atomic E-state index is 12.8. The number of allylic oxidation sites excluding steroid dienone is 1. The fourth-order valence-electron chi connectivity index (χ4n) is 10.5. The second kappa shape index (κ2) is 12.3. The molecule has 240 valence electrons. The van der Waals surface area contributed by atoms with Crippen LogP contribution in [0.5, 0.6) is 5.75 Å². The largest absolute Gasteiger partial charge is 0.482 e. The van der Waals surface area contributed by atoms with E-state index < -0.39 is 5.63 Å². The number of hydrogen-bond donors (Lipinski definition) is 0. The fraction of sp³-hybridized carbons (Fsp3) is 0.692. The minimum atomic E-state index is -0.393. The van der Waals surface area contributed by atoms with Gasteiger partial charge in [-0.15, -0.1) is 0 Å². The van der Waals surface area contributed by atoms with Gasteiger partial charge in [0, 0.05) is 23.9 Å². The predicted octanol–water partition coefficient (Wildman–Crippen LogP) is 9.43. The Labute approximate surface area is 264 Å². The van der Waals surface area contributed by atoms with Gasteiger partial charge in [-0.1, -0.05) is 65.5 Å². The maximum Gasteiger partial charge on any atom is 0.344 e. The second-order valence-electron chi connectivity index (χ2n) is 15.8. The number of rotatable bonds is 9. The van der Waals surface area contributed by atoms with E-state index in [4.69, 9.17) is 13.9 Å². The highest BCUT2D eigenvalue weighted by Crippen LogP contribution is 2.67. The summed E-state index contributed by atoms with van der Waals surface area (Å²) < 4.78 is 17.0. The Morgan fingerprint density at radius 1 is 1.02 bits per heavy atom. The first-order valence-electron chi connectivity index (χ1n) is 17.5. The SMILES string of the molecule is Cc1cc(=O)oc2cc(OCC(=O)OC3CCC4(C)C(=CCC5C4CCC4(C)C(C(C)CCCC(C)C)CCC54)C3)ccc12. The van der Waals surface area contributed by atoms with Crippen molar-refractivity contribution in [2.45, 2.75) is 118 Å². The smallest absolute Gasteiger partial charge is 0.344 e. The third-order valence-electron chi connectivity index (χ3n) is 12.8. The van der Waals surface area contributed by atoms with Crippen LogP contribution in [0.4, 0.5) is 0 Å². The van der Waals surface area contributed by atoms with E-state index in [0.29, 0.717) is 16.7 Å². The zero-order chi connectivity index (χ0) is 31.2. The highest BCUT2D eigenvalue weighted by molar-refractivity contribution is 5.81. The van der Waals surface area contributed by atoms with Crippen LogP contribution in [0, 0.1) is 53.3 Å². The van der Waals surface area contributed by atoms with E-state index in [1.165, 1.54) is 63.0 Å². The molecule has 0 amide bonds. The van der Waals surface area contributed by atoms with E-state index in [9.17, 15) is 9.59 Å². The Hall–Kier alpha value is -2.56. The molecule has 0 saturated heterocycles. The molecule has 1 aromatic carbocycles. The third-order valence-corrected chi connectivity index (χ3v) is 12.8. The highest BCUT2D eigenvalue weighted by atomic mass is 16.6. The quantitative estimate of drug-likeness (QED) is 0.162. The Morgan fingerprint density at radius 3 is 2.64 bits per heavy atom. The molecule has 6 rings (SSSR count). The van der Waals surface area contributed by atoms with Crippen LogP contribution < -0.4 is 10.4 Å². The van der Waals surface area contributed by atoms with Crippen molar-refractivity contribution in [3.8, 4) is 5.75 Å². The van der Waals surface area contributed by atoms with Gasteiger partial charge in [-0.3, -0.25) is 0 Å². The van der Waals surface area contributed by atoms with Gasteiger partial charge in [0.15, 0.2) is 6.61 Å². The van der Waals surface area contributed by atoms with Crippen LogP contribution >= 0.6 is 0 Å². The van der Waals surface area contributed by atoms with Crippen LogP contribution in [0.2, 0.25) is 0 Å². The molecule has 4 aliphatic carbocycles. The summed E-state index contributed by atoms with van der Waals surface area (Å²) >= 11 is 0. The molecular weight excluding hydrogens is 548 g/mol. The molecule has 0 aliphatic heterocycles. The summed E-state index contributed by atoms with van der Waals surface area (Å²) in [4.78, 5) is 24.6. The van der Waals surface area contributed by atoms with Crippen molar-refractivity contribution < 1.29 is 18.7 Å². The number of esters is 1. The van der Waals surface area contributed by atoms with Crippen LogP contribution in [-0.2, 0) is 9.53 Å². The van der Waals surface area contributed by atoms with Crippen LogP contribution in [0.3, 0.4) is 0 Å². The van der Waals surface area contributed by atoms with E-state index in [2.05, 4.69) is 40.7 Å². The van der Waals surface area contributed by atoms with Gasteiger partial charge in [-0.25, -0.2) is 9.59 Å². The normalized spacial score (nSPS) is 33.7. The van der Waals surface area contributed by atoms with E-state index in [1.54, 1.807) is 12.1 Å².